The Labute approximate surface area is 272 Å². The monoisotopic (exact) mass is 617 g/mol. The molecule has 5 aromatic carbocycles. The second kappa shape index (κ2) is 9.85. The quantitative estimate of drug-likeness (QED) is 0.198. The van der Waals surface area contributed by atoms with Crippen LogP contribution in [0.4, 0.5) is 0 Å². The fourth-order valence-electron chi connectivity index (χ4n) is 7.25. The minimum absolute atomic E-state index is 0.646. The van der Waals surface area contributed by atoms with Crippen molar-refractivity contribution >= 4 is 75.1 Å². The summed E-state index contributed by atoms with van der Waals surface area (Å²) in [6, 6.07) is 44.9. The molecule has 0 radical (unpaired) electrons. The third-order valence-electron chi connectivity index (χ3n) is 9.29. The second-order valence-electron chi connectivity index (χ2n) is 11.8. The molecule has 0 amide bonds. The van der Waals surface area contributed by atoms with Crippen molar-refractivity contribution < 1.29 is 0 Å². The van der Waals surface area contributed by atoms with E-state index in [1.807, 2.05) is 36.8 Å². The maximum Gasteiger partial charge on any atom is 0.147 e. The van der Waals surface area contributed by atoms with E-state index in [0.717, 1.165) is 55.2 Å². The van der Waals surface area contributed by atoms with Crippen molar-refractivity contribution in [2.45, 2.75) is 0 Å². The Morgan fingerprint density at radius 1 is 0.553 bits per heavy atom. The van der Waals surface area contributed by atoms with Gasteiger partial charge in [0.15, 0.2) is 0 Å². The van der Waals surface area contributed by atoms with Crippen LogP contribution in [0.5, 0.6) is 0 Å². The molecule has 0 saturated carbocycles. The highest BCUT2D eigenvalue weighted by molar-refractivity contribution is 7.25. The van der Waals surface area contributed by atoms with Gasteiger partial charge in [-0.1, -0.05) is 54.6 Å². The molecule has 0 atom stereocenters. The van der Waals surface area contributed by atoms with Crippen molar-refractivity contribution in [3.63, 3.8) is 0 Å². The van der Waals surface area contributed by atoms with Crippen molar-refractivity contribution in [2.24, 2.45) is 0 Å². The summed E-state index contributed by atoms with van der Waals surface area (Å²) in [6.07, 6.45) is 5.71. The number of fused-ring (bicyclic) bond motifs is 9. The zero-order chi connectivity index (χ0) is 31.1. The van der Waals surface area contributed by atoms with E-state index in [-0.39, 0.29) is 0 Å². The summed E-state index contributed by atoms with van der Waals surface area (Å²) < 4.78 is 7.04. The number of nitriles is 1. The van der Waals surface area contributed by atoms with Gasteiger partial charge in [-0.3, -0.25) is 9.55 Å². The Kier molecular flexibility index (Phi) is 5.45. The molecular weight excluding hydrogens is 595 g/mol. The molecule has 5 aromatic heterocycles. The maximum absolute atomic E-state index is 9.60. The summed E-state index contributed by atoms with van der Waals surface area (Å²) in [7, 11) is 0. The van der Waals surface area contributed by atoms with Crippen LogP contribution in [0.1, 0.15) is 5.56 Å². The van der Waals surface area contributed by atoms with Gasteiger partial charge in [0.05, 0.1) is 33.7 Å². The zero-order valence-electron chi connectivity index (χ0n) is 24.9. The first-order valence-corrected chi connectivity index (χ1v) is 16.3. The SMILES string of the molecule is N#Cc1cccc(-c2ccc3c(c2)c2cc(-n4c5ccccc5c5ccccc54)ccc2n3-c2nccc3sc4ccncc4c23)c1. The second-order valence-corrected chi connectivity index (χ2v) is 12.9. The summed E-state index contributed by atoms with van der Waals surface area (Å²) in [6.45, 7) is 0. The summed E-state index contributed by atoms with van der Waals surface area (Å²) >= 11 is 1.77. The van der Waals surface area contributed by atoms with Crippen molar-refractivity contribution in [3.05, 3.63) is 145 Å². The van der Waals surface area contributed by atoms with E-state index in [1.54, 1.807) is 11.3 Å². The lowest BCUT2D eigenvalue weighted by Crippen LogP contribution is -1.98. The largest absolute Gasteiger partial charge is 0.309 e. The summed E-state index contributed by atoms with van der Waals surface area (Å²) in [4.78, 5) is 9.51. The van der Waals surface area contributed by atoms with Crippen molar-refractivity contribution in [2.75, 3.05) is 0 Å². The first-order valence-electron chi connectivity index (χ1n) is 15.5. The molecule has 0 aliphatic rings. The lowest BCUT2D eigenvalue weighted by Gasteiger charge is -2.11. The fourth-order valence-corrected chi connectivity index (χ4v) is 8.31. The van der Waals surface area contributed by atoms with Crippen LogP contribution < -0.4 is 0 Å². The standard InChI is InChI=1S/C41H23N5S/c42-23-25-6-5-7-26(20-25)27-12-14-36-31(21-27)32-22-28(45-34-10-3-1-8-29(34)30-9-2-4-11-35(30)45)13-15-37(32)46(36)41-40-33-24-43-18-16-38(33)47-39(40)17-19-44-41/h1-22,24H. The van der Waals surface area contributed by atoms with Gasteiger partial charge in [-0.2, -0.15) is 5.26 Å². The molecule has 47 heavy (non-hydrogen) atoms. The molecule has 0 aliphatic heterocycles. The summed E-state index contributed by atoms with van der Waals surface area (Å²) in [5.74, 6) is 0.894. The minimum atomic E-state index is 0.646. The van der Waals surface area contributed by atoms with E-state index in [0.29, 0.717) is 5.56 Å². The van der Waals surface area contributed by atoms with E-state index >= 15 is 0 Å². The van der Waals surface area contributed by atoms with Gasteiger partial charge in [-0.25, -0.2) is 4.98 Å². The molecule has 0 bridgehead atoms. The Balaban J connectivity index is 1.32. The normalized spacial score (nSPS) is 11.8. The number of thiophene rings is 1. The molecule has 0 aliphatic carbocycles. The predicted octanol–water partition coefficient (Wildman–Crippen LogP) is 10.6. The number of pyridine rings is 2. The summed E-state index contributed by atoms with van der Waals surface area (Å²) in [5, 5.41) is 16.5. The Hall–Kier alpha value is -6.29. The Bertz CT molecular complexity index is 2880. The van der Waals surface area contributed by atoms with Crippen LogP contribution in [0.15, 0.2) is 140 Å². The molecule has 6 heteroatoms. The molecule has 0 fully saturated rings. The average molecular weight is 618 g/mol. The van der Waals surface area contributed by atoms with E-state index in [1.165, 1.54) is 31.2 Å². The highest BCUT2D eigenvalue weighted by atomic mass is 32.1. The number of hydrogen-bond acceptors (Lipinski definition) is 4. The number of rotatable bonds is 3. The van der Waals surface area contributed by atoms with E-state index in [2.05, 4.69) is 123 Å². The number of aromatic nitrogens is 4. The van der Waals surface area contributed by atoms with Crippen molar-refractivity contribution in [1.29, 1.82) is 5.26 Å². The van der Waals surface area contributed by atoms with Gasteiger partial charge in [0.2, 0.25) is 0 Å². The average Bonchev–Trinajstić information content (AvgIpc) is 3.79. The fraction of sp³-hybridized carbons (Fsp3) is 0. The van der Waals surface area contributed by atoms with Crippen LogP contribution in [-0.2, 0) is 0 Å². The maximum atomic E-state index is 9.60. The Morgan fingerprint density at radius 2 is 1.26 bits per heavy atom. The molecular formula is C41H23N5S. The first-order chi connectivity index (χ1) is 23.3. The molecule has 0 spiro atoms. The highest BCUT2D eigenvalue weighted by Crippen LogP contribution is 2.42. The van der Waals surface area contributed by atoms with Crippen LogP contribution in [0.2, 0.25) is 0 Å². The van der Waals surface area contributed by atoms with Gasteiger partial charge in [0.25, 0.3) is 0 Å². The zero-order valence-corrected chi connectivity index (χ0v) is 25.7. The molecule has 0 N–H and O–H groups in total. The van der Waals surface area contributed by atoms with E-state index in [4.69, 9.17) is 4.98 Å². The van der Waals surface area contributed by atoms with Crippen LogP contribution in [0.3, 0.4) is 0 Å². The van der Waals surface area contributed by atoms with E-state index in [9.17, 15) is 5.26 Å². The predicted molar refractivity (Wildman–Crippen MR) is 194 cm³/mol. The van der Waals surface area contributed by atoms with Gasteiger partial charge in [0, 0.05) is 66.0 Å². The molecule has 5 heterocycles. The van der Waals surface area contributed by atoms with Gasteiger partial charge >= 0.3 is 0 Å². The van der Waals surface area contributed by atoms with Gasteiger partial charge in [0.1, 0.15) is 5.82 Å². The van der Waals surface area contributed by atoms with Crippen molar-refractivity contribution in [3.8, 4) is 28.7 Å². The molecule has 0 saturated heterocycles. The number of hydrogen-bond donors (Lipinski definition) is 0. The molecule has 5 nitrogen and oxygen atoms in total. The van der Waals surface area contributed by atoms with Gasteiger partial charge < -0.3 is 4.57 Å². The third kappa shape index (κ3) is 3.75. The molecule has 0 unspecified atom stereocenters. The van der Waals surface area contributed by atoms with Gasteiger partial charge in [-0.05, 0) is 77.9 Å². The summed E-state index contributed by atoms with van der Waals surface area (Å²) in [5.41, 5.74) is 8.32. The van der Waals surface area contributed by atoms with Crippen LogP contribution in [0, 0.1) is 11.3 Å². The number of benzene rings is 5. The van der Waals surface area contributed by atoms with Crippen LogP contribution >= 0.6 is 11.3 Å². The minimum Gasteiger partial charge on any atom is -0.309 e. The number of para-hydroxylation sites is 2. The van der Waals surface area contributed by atoms with Crippen LogP contribution in [0.25, 0.3) is 86.4 Å². The highest BCUT2D eigenvalue weighted by Gasteiger charge is 2.20. The third-order valence-corrected chi connectivity index (χ3v) is 10.4. The van der Waals surface area contributed by atoms with Crippen LogP contribution in [-0.4, -0.2) is 19.1 Å². The smallest absolute Gasteiger partial charge is 0.147 e. The lowest BCUT2D eigenvalue weighted by atomic mass is 10.0. The lowest BCUT2D eigenvalue weighted by molar-refractivity contribution is 1.10. The van der Waals surface area contributed by atoms with Gasteiger partial charge in [-0.15, -0.1) is 11.3 Å². The van der Waals surface area contributed by atoms with Crippen molar-refractivity contribution in [1.82, 2.24) is 19.1 Å². The van der Waals surface area contributed by atoms with E-state index < -0.39 is 0 Å². The number of nitrogens with zero attached hydrogens (tertiary/aromatic N) is 5. The topological polar surface area (TPSA) is 59.4 Å². The molecule has 10 aromatic rings. The first kappa shape index (κ1) is 26.0. The Morgan fingerprint density at radius 3 is 2.06 bits per heavy atom. The molecule has 218 valence electrons. The molecule has 10 rings (SSSR count).